The molecule has 0 fully saturated rings. The molecule has 7 nitrogen and oxygen atoms in total. The van der Waals surface area contributed by atoms with Gasteiger partial charge in [0.1, 0.15) is 11.9 Å². The summed E-state index contributed by atoms with van der Waals surface area (Å²) in [5, 5.41) is 10.8. The number of nitrogens with two attached hydrogens (primary N) is 1. The second-order valence-electron chi connectivity index (χ2n) is 8.93. The molecular weight excluding hydrogens is 428 g/mol. The van der Waals surface area contributed by atoms with E-state index in [1.165, 1.54) is 16.2 Å². The molecule has 170 valence electrons. The third-order valence-corrected chi connectivity index (χ3v) is 6.85. The van der Waals surface area contributed by atoms with E-state index in [0.717, 1.165) is 16.7 Å². The first-order valence-electron chi connectivity index (χ1n) is 11.3. The number of hydroxylamine groups is 2. The van der Waals surface area contributed by atoms with Gasteiger partial charge in [-0.25, -0.2) is 14.9 Å². The second kappa shape index (κ2) is 7.87. The molecule has 1 spiro atoms. The van der Waals surface area contributed by atoms with Crippen LogP contribution in [-0.2, 0) is 21.9 Å². The molecule has 3 aromatic carbocycles. The van der Waals surface area contributed by atoms with Gasteiger partial charge in [0, 0.05) is 19.4 Å². The average Bonchev–Trinajstić information content (AvgIpc) is 3.16. The average molecular weight is 453 g/mol. The first-order chi connectivity index (χ1) is 16.6. The summed E-state index contributed by atoms with van der Waals surface area (Å²) in [5.41, 5.74) is 10.9. The number of fused-ring (bicyclic) bond motifs is 3. The molecule has 34 heavy (non-hydrogen) atoms. The number of nitriles is 1. The van der Waals surface area contributed by atoms with Gasteiger partial charge in [-0.1, -0.05) is 42.5 Å². The molecule has 7 heteroatoms. The summed E-state index contributed by atoms with van der Waals surface area (Å²) in [4.78, 5) is 11.1. The van der Waals surface area contributed by atoms with Gasteiger partial charge in [0.05, 0.1) is 30.4 Å². The Bertz CT molecular complexity index is 1350. The van der Waals surface area contributed by atoms with Gasteiger partial charge in [0.15, 0.2) is 0 Å². The van der Waals surface area contributed by atoms with Crippen molar-refractivity contribution >= 4 is 5.96 Å². The Morgan fingerprint density at radius 3 is 2.76 bits per heavy atom. The van der Waals surface area contributed by atoms with Crippen LogP contribution >= 0.6 is 0 Å². The van der Waals surface area contributed by atoms with Crippen LogP contribution in [-0.4, -0.2) is 30.8 Å². The number of nitrogens with zero attached hydrogens (tertiary/aromatic N) is 3. The van der Waals surface area contributed by atoms with E-state index in [1.807, 2.05) is 42.5 Å². The molecule has 0 saturated carbocycles. The van der Waals surface area contributed by atoms with Crippen LogP contribution in [0.15, 0.2) is 71.7 Å². The summed E-state index contributed by atoms with van der Waals surface area (Å²) in [7, 11) is 1.76. The molecule has 0 aromatic heterocycles. The van der Waals surface area contributed by atoms with E-state index in [-0.39, 0.29) is 12.0 Å². The molecule has 2 N–H and O–H groups in total. The Morgan fingerprint density at radius 1 is 1.09 bits per heavy atom. The molecule has 0 amide bonds. The van der Waals surface area contributed by atoms with Crippen LogP contribution in [0.3, 0.4) is 0 Å². The lowest BCUT2D eigenvalue weighted by atomic mass is 9.81. The van der Waals surface area contributed by atoms with Crippen LogP contribution in [0.25, 0.3) is 11.1 Å². The summed E-state index contributed by atoms with van der Waals surface area (Å²) in [6, 6.07) is 24.1. The lowest BCUT2D eigenvalue weighted by molar-refractivity contribution is -0.193. The Morgan fingerprint density at radius 2 is 1.94 bits per heavy atom. The third-order valence-electron chi connectivity index (χ3n) is 6.85. The van der Waals surface area contributed by atoms with Gasteiger partial charge < -0.3 is 15.2 Å². The highest BCUT2D eigenvalue weighted by molar-refractivity contribution is 5.79. The zero-order chi connectivity index (χ0) is 23.3. The first-order valence-corrected chi connectivity index (χ1v) is 11.3. The van der Waals surface area contributed by atoms with Crippen LogP contribution in [0.2, 0.25) is 0 Å². The van der Waals surface area contributed by atoms with Crippen molar-refractivity contribution in [3.05, 3.63) is 89.0 Å². The lowest BCUT2D eigenvalue weighted by Crippen LogP contribution is -2.43. The van der Waals surface area contributed by atoms with Crippen LogP contribution in [0.4, 0.5) is 0 Å². The minimum absolute atomic E-state index is 0.0490. The van der Waals surface area contributed by atoms with Crippen LogP contribution < -0.4 is 10.5 Å². The number of hydrogen-bond donors (Lipinski definition) is 1. The minimum Gasteiger partial charge on any atom is -0.489 e. The molecule has 6 rings (SSSR count). The molecule has 3 heterocycles. The predicted molar refractivity (Wildman–Crippen MR) is 127 cm³/mol. The highest BCUT2D eigenvalue weighted by atomic mass is 16.7. The van der Waals surface area contributed by atoms with Crippen LogP contribution in [0, 0.1) is 11.3 Å². The quantitative estimate of drug-likeness (QED) is 0.631. The zero-order valence-corrected chi connectivity index (χ0v) is 18.8. The van der Waals surface area contributed by atoms with Crippen molar-refractivity contribution in [2.24, 2.45) is 10.7 Å². The van der Waals surface area contributed by atoms with Crippen molar-refractivity contribution in [2.45, 2.75) is 30.8 Å². The van der Waals surface area contributed by atoms with E-state index < -0.39 is 5.72 Å². The summed E-state index contributed by atoms with van der Waals surface area (Å²) >= 11 is 0. The molecule has 0 radical (unpaired) electrons. The number of guanidine groups is 1. The monoisotopic (exact) mass is 452 g/mol. The van der Waals surface area contributed by atoms with Crippen LogP contribution in [0.5, 0.6) is 5.75 Å². The van der Waals surface area contributed by atoms with E-state index >= 15 is 0 Å². The van der Waals surface area contributed by atoms with E-state index in [1.54, 1.807) is 13.1 Å². The number of rotatable bonds is 2. The van der Waals surface area contributed by atoms with Gasteiger partial charge >= 0.3 is 0 Å². The van der Waals surface area contributed by atoms with Gasteiger partial charge in [-0.2, -0.15) is 5.26 Å². The third kappa shape index (κ3) is 3.31. The van der Waals surface area contributed by atoms with Crippen LogP contribution in [0.1, 0.15) is 34.6 Å². The van der Waals surface area contributed by atoms with Crippen molar-refractivity contribution in [2.75, 3.05) is 13.7 Å². The molecular formula is C27H24N4O3. The van der Waals surface area contributed by atoms with Gasteiger partial charge in [-0.05, 0) is 46.5 Å². The van der Waals surface area contributed by atoms with Crippen molar-refractivity contribution < 1.29 is 14.3 Å². The standard InChI is InChI=1S/C27H24N4O3/c1-31-26(29)30-27(34-31)13-25(22-16-32-15-20-6-2-3-8-21(20)22)33-24-10-9-19(12-23(24)27)18-7-4-5-17(11-18)14-28/h2-12,22,25H,13,15-16H2,1H3,(H2,29,30). The Labute approximate surface area is 197 Å². The fourth-order valence-corrected chi connectivity index (χ4v) is 5.16. The zero-order valence-electron chi connectivity index (χ0n) is 18.8. The molecule has 3 unspecified atom stereocenters. The molecule has 0 aliphatic carbocycles. The Kier molecular flexibility index (Phi) is 4.80. The number of hydrogen-bond acceptors (Lipinski definition) is 7. The predicted octanol–water partition coefficient (Wildman–Crippen LogP) is 4.03. The van der Waals surface area contributed by atoms with Gasteiger partial charge in [0.2, 0.25) is 11.7 Å². The second-order valence-corrected chi connectivity index (χ2v) is 8.93. The highest BCUT2D eigenvalue weighted by Crippen LogP contribution is 2.50. The number of benzene rings is 3. The maximum atomic E-state index is 9.31. The maximum absolute atomic E-state index is 9.31. The Hall–Kier alpha value is -3.86. The number of aliphatic imine (C=N–C) groups is 1. The summed E-state index contributed by atoms with van der Waals surface area (Å²) < 4.78 is 12.5. The van der Waals surface area contributed by atoms with Gasteiger partial charge in [-0.3, -0.25) is 0 Å². The normalized spacial score (nSPS) is 25.2. The molecule has 3 atom stereocenters. The fraction of sp³-hybridized carbons (Fsp3) is 0.259. The maximum Gasteiger partial charge on any atom is 0.221 e. The minimum atomic E-state index is -0.994. The van der Waals surface area contributed by atoms with E-state index in [9.17, 15) is 5.26 Å². The summed E-state index contributed by atoms with van der Waals surface area (Å²) in [6.45, 7) is 1.18. The van der Waals surface area contributed by atoms with E-state index in [2.05, 4.69) is 24.3 Å². The van der Waals surface area contributed by atoms with E-state index in [4.69, 9.17) is 25.0 Å². The first kappa shape index (κ1) is 20.7. The molecule has 3 aliphatic heterocycles. The molecule has 3 aromatic rings. The summed E-state index contributed by atoms with van der Waals surface area (Å²) in [5.74, 6) is 1.09. The van der Waals surface area contributed by atoms with Crippen molar-refractivity contribution in [1.29, 1.82) is 5.26 Å². The SMILES string of the molecule is CN1OC2(CC(C3COCc4ccccc43)Oc3ccc(-c4cccc(C#N)c4)cc32)N=C1N. The fourth-order valence-electron chi connectivity index (χ4n) is 5.16. The topological polar surface area (TPSA) is 93.1 Å². The highest BCUT2D eigenvalue weighted by Gasteiger charge is 2.51. The smallest absolute Gasteiger partial charge is 0.221 e. The lowest BCUT2D eigenvalue weighted by Gasteiger charge is -2.41. The molecule has 0 bridgehead atoms. The van der Waals surface area contributed by atoms with E-state index in [0.29, 0.717) is 36.9 Å². The largest absolute Gasteiger partial charge is 0.489 e. The summed E-state index contributed by atoms with van der Waals surface area (Å²) in [6.07, 6.45) is 0.291. The van der Waals surface area contributed by atoms with Crippen molar-refractivity contribution in [1.82, 2.24) is 5.06 Å². The molecule has 0 saturated heterocycles. The van der Waals surface area contributed by atoms with Gasteiger partial charge in [0.25, 0.3) is 0 Å². The van der Waals surface area contributed by atoms with Crippen molar-refractivity contribution in [3.63, 3.8) is 0 Å². The van der Waals surface area contributed by atoms with Crippen molar-refractivity contribution in [3.8, 4) is 22.9 Å². The Balaban J connectivity index is 1.44. The number of ether oxygens (including phenoxy) is 2. The molecule has 3 aliphatic rings. The van der Waals surface area contributed by atoms with Gasteiger partial charge in [-0.15, -0.1) is 0 Å².